The minimum absolute atomic E-state index is 0.00206. The molecule has 0 radical (unpaired) electrons. The van der Waals surface area contributed by atoms with Crippen LogP contribution in [0.25, 0.3) is 0 Å². The van der Waals surface area contributed by atoms with Crippen molar-refractivity contribution in [1.82, 2.24) is 10.6 Å². The lowest BCUT2D eigenvalue weighted by atomic mass is 9.91. The quantitative estimate of drug-likeness (QED) is 0.782. The van der Waals surface area contributed by atoms with Gasteiger partial charge in [0.25, 0.3) is 5.91 Å². The Bertz CT molecular complexity index is 629. The summed E-state index contributed by atoms with van der Waals surface area (Å²) in [5.41, 5.74) is 0.688. The van der Waals surface area contributed by atoms with Crippen molar-refractivity contribution in [3.63, 3.8) is 0 Å². The number of alkyl carbamates (subject to hydrolysis) is 1. The highest BCUT2D eigenvalue weighted by molar-refractivity contribution is 5.97. The van der Waals surface area contributed by atoms with E-state index in [9.17, 15) is 14.7 Å². The zero-order chi connectivity index (χ0) is 18.6. The Kier molecular flexibility index (Phi) is 5.93. The molecule has 0 saturated heterocycles. The van der Waals surface area contributed by atoms with Gasteiger partial charge in [-0.05, 0) is 71.1 Å². The number of carbonyl (C=O) groups is 2. The largest absolute Gasteiger partial charge is 0.507 e. The molecular formula is C19H28N2O4. The molecule has 1 saturated carbocycles. The van der Waals surface area contributed by atoms with Crippen LogP contribution in [0.4, 0.5) is 4.79 Å². The minimum Gasteiger partial charge on any atom is -0.507 e. The highest BCUT2D eigenvalue weighted by atomic mass is 16.6. The van der Waals surface area contributed by atoms with Crippen LogP contribution in [0.3, 0.4) is 0 Å². The molecule has 0 bridgehead atoms. The summed E-state index contributed by atoms with van der Waals surface area (Å²) in [6.07, 6.45) is 2.72. The van der Waals surface area contributed by atoms with Gasteiger partial charge in [-0.25, -0.2) is 4.79 Å². The standard InChI is InChI=1S/C19H28N2O4/c1-12-5-10-15(16(22)11-12)17(23)20-13-6-8-14(9-7-13)21-18(24)25-19(2,3)4/h5,10-11,13-14,22H,6-9H2,1-4H3,(H,20,23)(H,21,24). The number of rotatable bonds is 3. The molecular weight excluding hydrogens is 320 g/mol. The molecule has 1 fully saturated rings. The maximum absolute atomic E-state index is 12.3. The maximum atomic E-state index is 12.3. The number of nitrogens with one attached hydrogen (secondary N) is 2. The fourth-order valence-corrected chi connectivity index (χ4v) is 2.95. The van der Waals surface area contributed by atoms with E-state index in [1.807, 2.05) is 27.7 Å². The minimum atomic E-state index is -0.509. The van der Waals surface area contributed by atoms with Crippen molar-refractivity contribution in [2.24, 2.45) is 0 Å². The maximum Gasteiger partial charge on any atom is 0.407 e. The van der Waals surface area contributed by atoms with E-state index in [2.05, 4.69) is 10.6 Å². The Morgan fingerprint density at radius 1 is 1.08 bits per heavy atom. The summed E-state index contributed by atoms with van der Waals surface area (Å²) >= 11 is 0. The van der Waals surface area contributed by atoms with Crippen LogP contribution in [0, 0.1) is 6.92 Å². The number of ether oxygens (including phenoxy) is 1. The van der Waals surface area contributed by atoms with Crippen molar-refractivity contribution in [2.45, 2.75) is 71.1 Å². The van der Waals surface area contributed by atoms with Gasteiger partial charge in [-0.1, -0.05) is 6.07 Å². The predicted octanol–water partition coefficient (Wildman–Crippen LogP) is 3.27. The highest BCUT2D eigenvalue weighted by Crippen LogP contribution is 2.22. The predicted molar refractivity (Wildman–Crippen MR) is 95.7 cm³/mol. The van der Waals surface area contributed by atoms with Gasteiger partial charge >= 0.3 is 6.09 Å². The van der Waals surface area contributed by atoms with Gasteiger partial charge in [-0.3, -0.25) is 4.79 Å². The van der Waals surface area contributed by atoms with Gasteiger partial charge in [0.15, 0.2) is 0 Å². The first-order valence-corrected chi connectivity index (χ1v) is 8.74. The van der Waals surface area contributed by atoms with Crippen molar-refractivity contribution < 1.29 is 19.4 Å². The van der Waals surface area contributed by atoms with Gasteiger partial charge < -0.3 is 20.5 Å². The summed E-state index contributed by atoms with van der Waals surface area (Å²) < 4.78 is 5.26. The first-order valence-electron chi connectivity index (χ1n) is 8.74. The number of aromatic hydroxyl groups is 1. The average Bonchev–Trinajstić information content (AvgIpc) is 2.47. The third-order valence-corrected chi connectivity index (χ3v) is 4.18. The molecule has 138 valence electrons. The molecule has 0 spiro atoms. The molecule has 3 N–H and O–H groups in total. The lowest BCUT2D eigenvalue weighted by molar-refractivity contribution is 0.0488. The molecule has 2 amide bonds. The number of phenols is 1. The van der Waals surface area contributed by atoms with Gasteiger partial charge in [0.2, 0.25) is 0 Å². The highest BCUT2D eigenvalue weighted by Gasteiger charge is 2.26. The molecule has 25 heavy (non-hydrogen) atoms. The molecule has 1 aromatic carbocycles. The summed E-state index contributed by atoms with van der Waals surface area (Å²) in [5, 5.41) is 15.8. The Morgan fingerprint density at radius 3 is 2.16 bits per heavy atom. The Hall–Kier alpha value is -2.24. The summed E-state index contributed by atoms with van der Waals surface area (Å²) in [5.74, 6) is -0.265. The first-order chi connectivity index (χ1) is 11.6. The number of hydrogen-bond donors (Lipinski definition) is 3. The third-order valence-electron chi connectivity index (χ3n) is 4.18. The molecule has 0 aromatic heterocycles. The lowest BCUT2D eigenvalue weighted by Crippen LogP contribution is -2.45. The second kappa shape index (κ2) is 7.76. The molecule has 0 unspecified atom stereocenters. The van der Waals surface area contributed by atoms with Gasteiger partial charge in [-0.15, -0.1) is 0 Å². The topological polar surface area (TPSA) is 87.7 Å². The fraction of sp³-hybridized carbons (Fsp3) is 0.579. The van der Waals surface area contributed by atoms with Crippen LogP contribution in [0.1, 0.15) is 62.4 Å². The van der Waals surface area contributed by atoms with Crippen molar-refractivity contribution in [3.05, 3.63) is 29.3 Å². The number of carbonyl (C=O) groups excluding carboxylic acids is 2. The van der Waals surface area contributed by atoms with Crippen LogP contribution < -0.4 is 10.6 Å². The Balaban J connectivity index is 1.80. The van der Waals surface area contributed by atoms with Gasteiger partial charge in [0.1, 0.15) is 11.4 Å². The van der Waals surface area contributed by atoms with Crippen molar-refractivity contribution in [3.8, 4) is 5.75 Å². The van der Waals surface area contributed by atoms with Gasteiger partial charge in [-0.2, -0.15) is 0 Å². The average molecular weight is 348 g/mol. The molecule has 2 rings (SSSR count). The lowest BCUT2D eigenvalue weighted by Gasteiger charge is -2.30. The molecule has 6 nitrogen and oxygen atoms in total. The Labute approximate surface area is 149 Å². The number of aryl methyl sites for hydroxylation is 1. The van der Waals surface area contributed by atoms with E-state index in [4.69, 9.17) is 4.74 Å². The van der Waals surface area contributed by atoms with Gasteiger partial charge in [0.05, 0.1) is 5.56 Å². The smallest absolute Gasteiger partial charge is 0.407 e. The third kappa shape index (κ3) is 5.96. The zero-order valence-electron chi connectivity index (χ0n) is 15.4. The molecule has 6 heteroatoms. The second-order valence-corrected chi connectivity index (χ2v) is 7.69. The summed E-state index contributed by atoms with van der Waals surface area (Å²) in [6.45, 7) is 7.36. The van der Waals surface area contributed by atoms with E-state index in [-0.39, 0.29) is 23.7 Å². The van der Waals surface area contributed by atoms with Gasteiger partial charge in [0, 0.05) is 12.1 Å². The van der Waals surface area contributed by atoms with E-state index in [1.54, 1.807) is 18.2 Å². The second-order valence-electron chi connectivity index (χ2n) is 7.69. The summed E-state index contributed by atoms with van der Waals surface area (Å²) in [4.78, 5) is 24.1. The first kappa shape index (κ1) is 19.1. The van der Waals surface area contributed by atoms with E-state index in [0.717, 1.165) is 31.2 Å². The van der Waals surface area contributed by atoms with E-state index < -0.39 is 11.7 Å². The number of benzene rings is 1. The van der Waals surface area contributed by atoms with Crippen molar-refractivity contribution in [2.75, 3.05) is 0 Å². The molecule has 0 atom stereocenters. The van der Waals surface area contributed by atoms with Crippen LogP contribution in [0.15, 0.2) is 18.2 Å². The van der Waals surface area contributed by atoms with E-state index >= 15 is 0 Å². The normalized spacial score (nSPS) is 20.6. The number of amides is 2. The number of phenolic OH excluding ortho intramolecular Hbond substituents is 1. The summed E-state index contributed by atoms with van der Waals surface area (Å²) in [7, 11) is 0. The van der Waals surface area contributed by atoms with Crippen LogP contribution in [0.5, 0.6) is 5.75 Å². The molecule has 1 aliphatic carbocycles. The molecule has 1 aromatic rings. The number of hydrogen-bond acceptors (Lipinski definition) is 4. The zero-order valence-corrected chi connectivity index (χ0v) is 15.4. The van der Waals surface area contributed by atoms with E-state index in [1.165, 1.54) is 0 Å². The van der Waals surface area contributed by atoms with Crippen molar-refractivity contribution in [1.29, 1.82) is 0 Å². The summed E-state index contributed by atoms with van der Waals surface area (Å²) in [6, 6.07) is 5.13. The van der Waals surface area contributed by atoms with Crippen LogP contribution in [0.2, 0.25) is 0 Å². The van der Waals surface area contributed by atoms with Crippen molar-refractivity contribution >= 4 is 12.0 Å². The monoisotopic (exact) mass is 348 g/mol. The van der Waals surface area contributed by atoms with Crippen LogP contribution in [-0.4, -0.2) is 34.8 Å². The van der Waals surface area contributed by atoms with E-state index in [0.29, 0.717) is 5.56 Å². The van der Waals surface area contributed by atoms with Crippen LogP contribution >= 0.6 is 0 Å². The SMILES string of the molecule is Cc1ccc(C(=O)NC2CCC(NC(=O)OC(C)(C)C)CC2)c(O)c1. The molecule has 1 aliphatic rings. The fourth-order valence-electron chi connectivity index (χ4n) is 2.95. The molecule has 0 heterocycles. The molecule has 0 aliphatic heterocycles. The van der Waals surface area contributed by atoms with Crippen LogP contribution in [-0.2, 0) is 4.74 Å². The Morgan fingerprint density at radius 2 is 1.64 bits per heavy atom.